The zero-order valence-electron chi connectivity index (χ0n) is 11.6. The molecule has 110 valence electrons. The lowest BCUT2D eigenvalue weighted by molar-refractivity contribution is -0.151. The first-order chi connectivity index (χ1) is 9.42. The van der Waals surface area contributed by atoms with Gasteiger partial charge >= 0.3 is 0 Å². The zero-order valence-corrected chi connectivity index (χ0v) is 12.4. The molecule has 0 saturated heterocycles. The summed E-state index contributed by atoms with van der Waals surface area (Å²) in [5.41, 5.74) is -0.0600. The Balaban J connectivity index is 1.73. The van der Waals surface area contributed by atoms with E-state index in [1.54, 1.807) is 24.3 Å². The van der Waals surface area contributed by atoms with Gasteiger partial charge in [0.2, 0.25) is 0 Å². The van der Waals surface area contributed by atoms with Crippen molar-refractivity contribution in [3.05, 3.63) is 24.3 Å². The van der Waals surface area contributed by atoms with Crippen molar-refractivity contribution in [2.24, 2.45) is 5.41 Å². The van der Waals surface area contributed by atoms with Gasteiger partial charge in [0, 0.05) is 18.1 Å². The Hall–Kier alpha value is -1.07. The molecule has 1 spiro atoms. The van der Waals surface area contributed by atoms with Crippen molar-refractivity contribution < 1.29 is 18.3 Å². The maximum atomic E-state index is 11.4. The zero-order chi connectivity index (χ0) is 14.4. The minimum absolute atomic E-state index is 0.0593. The van der Waals surface area contributed by atoms with Crippen LogP contribution in [0.1, 0.15) is 32.1 Å². The summed E-state index contributed by atoms with van der Waals surface area (Å²) in [6.45, 7) is 0. The Labute approximate surface area is 119 Å². The number of sulfone groups is 1. The summed E-state index contributed by atoms with van der Waals surface area (Å²) >= 11 is 0. The van der Waals surface area contributed by atoms with Crippen molar-refractivity contribution in [1.82, 2.24) is 0 Å². The van der Waals surface area contributed by atoms with Crippen molar-refractivity contribution in [3.63, 3.8) is 0 Å². The van der Waals surface area contributed by atoms with Crippen molar-refractivity contribution in [2.75, 3.05) is 6.26 Å². The predicted molar refractivity (Wildman–Crippen MR) is 75.5 cm³/mol. The quantitative estimate of drug-likeness (QED) is 0.928. The van der Waals surface area contributed by atoms with Gasteiger partial charge in [0.25, 0.3) is 0 Å². The van der Waals surface area contributed by atoms with Crippen molar-refractivity contribution in [1.29, 1.82) is 0 Å². The summed E-state index contributed by atoms with van der Waals surface area (Å²) in [5, 5.41) is 10.0. The van der Waals surface area contributed by atoms with Gasteiger partial charge in [-0.25, -0.2) is 8.42 Å². The maximum absolute atomic E-state index is 11.4. The molecular weight excluding hydrogens is 276 g/mol. The fraction of sp³-hybridized carbons (Fsp3) is 0.600. The summed E-state index contributed by atoms with van der Waals surface area (Å²) in [4.78, 5) is 0.300. The van der Waals surface area contributed by atoms with Gasteiger partial charge in [-0.15, -0.1) is 0 Å². The number of aliphatic hydroxyl groups is 1. The summed E-state index contributed by atoms with van der Waals surface area (Å²) in [6, 6.07) is 6.54. The van der Waals surface area contributed by atoms with Crippen LogP contribution in [0, 0.1) is 5.41 Å². The highest BCUT2D eigenvalue weighted by Gasteiger charge is 2.57. The van der Waals surface area contributed by atoms with Crippen LogP contribution in [0.15, 0.2) is 29.2 Å². The number of hydrogen-bond donors (Lipinski definition) is 1. The largest absolute Gasteiger partial charge is 0.490 e. The van der Waals surface area contributed by atoms with E-state index in [2.05, 4.69) is 0 Å². The minimum atomic E-state index is -3.17. The molecule has 0 aliphatic heterocycles. The highest BCUT2D eigenvalue weighted by atomic mass is 32.2. The highest BCUT2D eigenvalue weighted by molar-refractivity contribution is 7.90. The van der Waals surface area contributed by atoms with Gasteiger partial charge in [-0.05, 0) is 37.1 Å². The second-order valence-corrected chi connectivity index (χ2v) is 8.06. The Morgan fingerprint density at radius 3 is 2.30 bits per heavy atom. The average Bonchev–Trinajstić information content (AvgIpc) is 2.90. The van der Waals surface area contributed by atoms with E-state index in [4.69, 9.17) is 4.74 Å². The molecule has 2 aliphatic carbocycles. The van der Waals surface area contributed by atoms with E-state index in [0.29, 0.717) is 17.1 Å². The van der Waals surface area contributed by atoms with E-state index in [1.165, 1.54) is 6.26 Å². The molecule has 0 aromatic heterocycles. The van der Waals surface area contributed by atoms with Crippen LogP contribution in [0.25, 0.3) is 0 Å². The van der Waals surface area contributed by atoms with E-state index >= 15 is 0 Å². The van der Waals surface area contributed by atoms with Crippen molar-refractivity contribution in [3.8, 4) is 5.75 Å². The molecule has 0 heterocycles. The molecule has 0 bridgehead atoms. The normalized spacial score (nSPS) is 28.3. The molecule has 0 radical (unpaired) electrons. The van der Waals surface area contributed by atoms with E-state index < -0.39 is 9.84 Å². The van der Waals surface area contributed by atoms with Crippen LogP contribution >= 0.6 is 0 Å². The van der Waals surface area contributed by atoms with Gasteiger partial charge in [-0.2, -0.15) is 0 Å². The topological polar surface area (TPSA) is 63.6 Å². The molecule has 2 atom stereocenters. The molecule has 2 fully saturated rings. The molecule has 2 saturated carbocycles. The molecule has 1 N–H and O–H groups in total. The van der Waals surface area contributed by atoms with Crippen molar-refractivity contribution >= 4 is 9.84 Å². The van der Waals surface area contributed by atoms with Crippen LogP contribution in [-0.2, 0) is 9.84 Å². The lowest BCUT2D eigenvalue weighted by Gasteiger charge is -2.51. The first kappa shape index (κ1) is 13.9. The van der Waals surface area contributed by atoms with Gasteiger partial charge in [-0.1, -0.05) is 12.8 Å². The Morgan fingerprint density at radius 1 is 1.20 bits per heavy atom. The standard InChI is InChI=1S/C15H20O4S/c1-20(17,18)12-6-4-11(5-7-12)19-14-10-13(16)15(14)8-2-3-9-15/h4-7,13-14,16H,2-3,8-10H2,1H3. The van der Waals surface area contributed by atoms with Crippen LogP contribution in [0.5, 0.6) is 5.75 Å². The molecule has 1 aromatic rings. The summed E-state index contributed by atoms with van der Waals surface area (Å²) < 4.78 is 28.8. The third kappa shape index (κ3) is 2.23. The minimum Gasteiger partial charge on any atom is -0.490 e. The lowest BCUT2D eigenvalue weighted by Crippen LogP contribution is -2.58. The smallest absolute Gasteiger partial charge is 0.175 e. The SMILES string of the molecule is CS(=O)(=O)c1ccc(OC2CC(O)C23CCCC3)cc1. The van der Waals surface area contributed by atoms with Gasteiger partial charge < -0.3 is 9.84 Å². The predicted octanol–water partition coefficient (Wildman–Crippen LogP) is 2.16. The van der Waals surface area contributed by atoms with E-state index in [1.807, 2.05) is 0 Å². The molecule has 0 amide bonds. The molecule has 20 heavy (non-hydrogen) atoms. The van der Waals surface area contributed by atoms with Gasteiger partial charge in [0.15, 0.2) is 9.84 Å². The fourth-order valence-corrected chi connectivity index (χ4v) is 4.14. The Bertz CT molecular complexity index is 585. The van der Waals surface area contributed by atoms with Gasteiger partial charge in [0.05, 0.1) is 11.0 Å². The Morgan fingerprint density at radius 2 is 1.80 bits per heavy atom. The molecule has 2 aliphatic rings. The summed E-state index contributed by atoms with van der Waals surface area (Å²) in [7, 11) is -3.17. The number of rotatable bonds is 3. The first-order valence-corrected chi connectivity index (χ1v) is 8.96. The number of benzene rings is 1. The molecule has 3 rings (SSSR count). The monoisotopic (exact) mass is 296 g/mol. The van der Waals surface area contributed by atoms with E-state index in [9.17, 15) is 13.5 Å². The molecule has 4 nitrogen and oxygen atoms in total. The molecular formula is C15H20O4S. The van der Waals surface area contributed by atoms with Crippen LogP contribution in [0.2, 0.25) is 0 Å². The lowest BCUT2D eigenvalue weighted by atomic mass is 9.62. The highest BCUT2D eigenvalue weighted by Crippen LogP contribution is 2.54. The number of ether oxygens (including phenoxy) is 1. The third-order valence-corrected chi connectivity index (χ3v) is 5.94. The number of aliphatic hydroxyl groups excluding tert-OH is 1. The number of hydrogen-bond acceptors (Lipinski definition) is 4. The van der Waals surface area contributed by atoms with Crippen molar-refractivity contribution in [2.45, 2.75) is 49.2 Å². The maximum Gasteiger partial charge on any atom is 0.175 e. The van der Waals surface area contributed by atoms with Gasteiger partial charge in [-0.3, -0.25) is 0 Å². The van der Waals surface area contributed by atoms with E-state index in [-0.39, 0.29) is 17.6 Å². The summed E-state index contributed by atoms with van der Waals surface area (Å²) in [6.07, 6.45) is 6.05. The first-order valence-electron chi connectivity index (χ1n) is 7.07. The van der Waals surface area contributed by atoms with Crippen LogP contribution < -0.4 is 4.74 Å². The molecule has 5 heteroatoms. The third-order valence-electron chi connectivity index (χ3n) is 4.81. The van der Waals surface area contributed by atoms with Crippen LogP contribution in [0.4, 0.5) is 0 Å². The van der Waals surface area contributed by atoms with Crippen LogP contribution in [0.3, 0.4) is 0 Å². The second kappa shape index (κ2) is 4.74. The van der Waals surface area contributed by atoms with Crippen LogP contribution in [-0.4, -0.2) is 32.0 Å². The second-order valence-electron chi connectivity index (χ2n) is 6.04. The summed E-state index contributed by atoms with van der Waals surface area (Å²) in [5.74, 6) is 0.681. The average molecular weight is 296 g/mol. The molecule has 1 aromatic carbocycles. The van der Waals surface area contributed by atoms with Gasteiger partial charge in [0.1, 0.15) is 11.9 Å². The Kier molecular flexibility index (Phi) is 3.29. The fourth-order valence-electron chi connectivity index (χ4n) is 3.51. The van der Waals surface area contributed by atoms with E-state index in [0.717, 1.165) is 25.7 Å². The molecule has 2 unspecified atom stereocenters.